The SMILES string of the molecule is C=CC(OCOC)c1ccc(CN(c2cc3oc(-c4ccc(F)cc4)c(C(=O)NC)c3cc2C2CC2)[SH](=O)=O)cc1Cl. The Morgan fingerprint density at radius 2 is 1.95 bits per heavy atom. The van der Waals surface area contributed by atoms with E-state index in [4.69, 9.17) is 25.5 Å². The maximum Gasteiger partial charge on any atom is 0.255 e. The van der Waals surface area contributed by atoms with Gasteiger partial charge in [-0.15, -0.1) is 6.58 Å². The predicted octanol–water partition coefficient (Wildman–Crippen LogP) is 6.51. The fourth-order valence-electron chi connectivity index (χ4n) is 4.98. The number of furan rings is 1. The highest BCUT2D eigenvalue weighted by Gasteiger charge is 2.32. The van der Waals surface area contributed by atoms with Gasteiger partial charge in [-0.3, -0.25) is 9.10 Å². The van der Waals surface area contributed by atoms with Gasteiger partial charge in [-0.25, -0.2) is 12.8 Å². The van der Waals surface area contributed by atoms with Crippen LogP contribution in [0.25, 0.3) is 22.3 Å². The number of anilines is 1. The third-order valence-corrected chi connectivity index (χ3v) is 8.25. The van der Waals surface area contributed by atoms with Crippen LogP contribution in [0.5, 0.6) is 0 Å². The van der Waals surface area contributed by atoms with E-state index in [2.05, 4.69) is 11.9 Å². The molecule has 1 saturated carbocycles. The molecule has 1 unspecified atom stereocenters. The first-order valence-corrected chi connectivity index (χ1v) is 14.8. The zero-order chi connectivity index (χ0) is 30.0. The Labute approximate surface area is 249 Å². The maximum absolute atomic E-state index is 13.6. The molecule has 0 bridgehead atoms. The van der Waals surface area contributed by atoms with Crippen LogP contribution in [0.2, 0.25) is 5.02 Å². The number of thiol groups is 1. The number of nitrogens with zero attached hydrogens (tertiary/aromatic N) is 1. The second-order valence-corrected chi connectivity index (χ2v) is 11.3. The Bertz CT molecular complexity index is 1710. The monoisotopic (exact) mass is 612 g/mol. The predicted molar refractivity (Wildman–Crippen MR) is 161 cm³/mol. The van der Waals surface area contributed by atoms with Crippen molar-refractivity contribution in [3.63, 3.8) is 0 Å². The number of nitrogens with one attached hydrogen (secondary N) is 1. The molecule has 0 saturated heterocycles. The van der Waals surface area contributed by atoms with Gasteiger partial charge in [0.1, 0.15) is 30.1 Å². The van der Waals surface area contributed by atoms with E-state index in [9.17, 15) is 17.6 Å². The molecule has 0 aliphatic heterocycles. The average molecular weight is 613 g/mol. The molecular weight excluding hydrogens is 583 g/mol. The zero-order valence-electron chi connectivity index (χ0n) is 23.1. The molecule has 5 rings (SSSR count). The molecule has 0 radical (unpaired) electrons. The normalized spacial score (nSPS) is 13.8. The van der Waals surface area contributed by atoms with Crippen LogP contribution in [0.1, 0.15) is 51.9 Å². The van der Waals surface area contributed by atoms with Gasteiger partial charge in [0.15, 0.2) is 0 Å². The van der Waals surface area contributed by atoms with E-state index in [1.165, 1.54) is 42.7 Å². The largest absolute Gasteiger partial charge is 0.455 e. The van der Waals surface area contributed by atoms with E-state index < -0.39 is 22.8 Å². The molecule has 42 heavy (non-hydrogen) atoms. The van der Waals surface area contributed by atoms with E-state index in [1.54, 1.807) is 30.3 Å². The molecule has 1 aliphatic rings. The number of fused-ring (bicyclic) bond motifs is 1. The minimum absolute atomic E-state index is 0.0233. The number of amides is 1. The van der Waals surface area contributed by atoms with Crippen molar-refractivity contribution in [1.29, 1.82) is 0 Å². The minimum atomic E-state index is -3.07. The lowest BCUT2D eigenvalue weighted by atomic mass is 10.00. The highest BCUT2D eigenvalue weighted by Crippen LogP contribution is 2.48. The average Bonchev–Trinajstić information content (AvgIpc) is 3.76. The van der Waals surface area contributed by atoms with Gasteiger partial charge in [-0.1, -0.05) is 29.8 Å². The van der Waals surface area contributed by atoms with Gasteiger partial charge in [-0.2, -0.15) is 0 Å². The van der Waals surface area contributed by atoms with E-state index in [0.717, 1.165) is 18.4 Å². The quantitative estimate of drug-likeness (QED) is 0.108. The Balaban J connectivity index is 1.58. The van der Waals surface area contributed by atoms with Gasteiger partial charge < -0.3 is 19.2 Å². The van der Waals surface area contributed by atoms with Crippen molar-refractivity contribution in [3.05, 3.63) is 100 Å². The molecule has 220 valence electrons. The van der Waals surface area contributed by atoms with Gasteiger partial charge in [0.2, 0.25) is 10.9 Å². The molecule has 1 fully saturated rings. The van der Waals surface area contributed by atoms with Crippen molar-refractivity contribution >= 4 is 45.1 Å². The first-order chi connectivity index (χ1) is 20.2. The molecular formula is C31H30ClFN2O6S. The van der Waals surface area contributed by atoms with Crippen molar-refractivity contribution in [2.24, 2.45) is 0 Å². The Morgan fingerprint density at radius 1 is 1.21 bits per heavy atom. The number of halogens is 2. The van der Waals surface area contributed by atoms with E-state index in [1.807, 2.05) is 6.07 Å². The molecule has 1 N–H and O–H groups in total. The van der Waals surface area contributed by atoms with Crippen LogP contribution in [0.15, 0.2) is 71.7 Å². The number of hydrogen-bond donors (Lipinski definition) is 2. The summed E-state index contributed by atoms with van der Waals surface area (Å²) in [6.07, 6.45) is 2.90. The van der Waals surface area contributed by atoms with Crippen LogP contribution < -0.4 is 9.62 Å². The second kappa shape index (κ2) is 12.7. The number of rotatable bonds is 12. The summed E-state index contributed by atoms with van der Waals surface area (Å²) in [5.41, 5.74) is 3.78. The van der Waals surface area contributed by atoms with Crippen molar-refractivity contribution in [1.82, 2.24) is 5.32 Å². The fourth-order valence-corrected chi connectivity index (χ4v) is 5.92. The van der Waals surface area contributed by atoms with Crippen LogP contribution in [-0.2, 0) is 26.9 Å². The molecule has 4 aromatic rings. The van der Waals surface area contributed by atoms with Gasteiger partial charge in [-0.05, 0) is 66.3 Å². The second-order valence-electron chi connectivity index (χ2n) is 9.95. The summed E-state index contributed by atoms with van der Waals surface area (Å²) >= 11 is 6.58. The summed E-state index contributed by atoms with van der Waals surface area (Å²) in [6.45, 7) is 3.87. The molecule has 1 aromatic heterocycles. The summed E-state index contributed by atoms with van der Waals surface area (Å²) in [5, 5.41) is 3.61. The van der Waals surface area contributed by atoms with Crippen LogP contribution >= 0.6 is 11.6 Å². The highest BCUT2D eigenvalue weighted by molar-refractivity contribution is 7.74. The number of carbonyl (C=O) groups is 1. The van der Waals surface area contributed by atoms with Crippen molar-refractivity contribution in [2.45, 2.75) is 31.4 Å². The lowest BCUT2D eigenvalue weighted by Gasteiger charge is -2.22. The molecule has 1 amide bonds. The standard InChI is InChI=1S/C31H30ClFN2O6S/c1-4-27(40-17-39-3)22-12-5-18(13-25(22)32)16-35(42(37)38)26-15-28-24(14-23(26)19-6-7-19)29(31(36)34-2)30(41-28)20-8-10-21(33)11-9-20/h4-5,8-15,19,27,42H,1,6-7,16-17H2,2-3H3,(H,34,36). The summed E-state index contributed by atoms with van der Waals surface area (Å²) < 4.78 is 57.1. The Hall–Kier alpha value is -3.70. The van der Waals surface area contributed by atoms with E-state index in [0.29, 0.717) is 43.9 Å². The number of hydrogen-bond acceptors (Lipinski definition) is 6. The van der Waals surface area contributed by atoms with Gasteiger partial charge in [0.05, 0.1) is 17.8 Å². The maximum atomic E-state index is 13.6. The van der Waals surface area contributed by atoms with Crippen LogP contribution in [0.3, 0.4) is 0 Å². The third kappa shape index (κ3) is 6.07. The fraction of sp³-hybridized carbons (Fsp3) is 0.258. The Morgan fingerprint density at radius 3 is 2.55 bits per heavy atom. The summed E-state index contributed by atoms with van der Waals surface area (Å²) in [4.78, 5) is 13.0. The number of methoxy groups -OCH3 is 1. The van der Waals surface area contributed by atoms with Gasteiger partial charge in [0, 0.05) is 41.8 Å². The topological polar surface area (TPSA) is 98.1 Å². The van der Waals surface area contributed by atoms with Crippen LogP contribution in [0.4, 0.5) is 10.1 Å². The van der Waals surface area contributed by atoms with Crippen molar-refractivity contribution in [3.8, 4) is 11.3 Å². The van der Waals surface area contributed by atoms with Crippen LogP contribution in [0, 0.1) is 5.82 Å². The first kappa shape index (κ1) is 29.8. The lowest BCUT2D eigenvalue weighted by Crippen LogP contribution is -2.22. The first-order valence-electron chi connectivity index (χ1n) is 13.3. The van der Waals surface area contributed by atoms with E-state index in [-0.39, 0.29) is 30.9 Å². The van der Waals surface area contributed by atoms with E-state index >= 15 is 0 Å². The highest BCUT2D eigenvalue weighted by atomic mass is 35.5. The third-order valence-electron chi connectivity index (χ3n) is 7.17. The molecule has 3 aromatic carbocycles. The Kier molecular flexibility index (Phi) is 8.98. The molecule has 0 spiro atoms. The molecule has 1 atom stereocenters. The summed E-state index contributed by atoms with van der Waals surface area (Å²) in [6, 6.07) is 14.4. The number of benzene rings is 3. The number of ether oxygens (including phenoxy) is 2. The minimum Gasteiger partial charge on any atom is -0.455 e. The summed E-state index contributed by atoms with van der Waals surface area (Å²) in [5.74, 6) is -0.367. The van der Waals surface area contributed by atoms with Gasteiger partial charge >= 0.3 is 0 Å². The molecule has 8 nitrogen and oxygen atoms in total. The molecule has 1 aliphatic carbocycles. The summed E-state index contributed by atoms with van der Waals surface area (Å²) in [7, 11) is -0.0298. The zero-order valence-corrected chi connectivity index (χ0v) is 24.7. The van der Waals surface area contributed by atoms with Crippen LogP contribution in [-0.4, -0.2) is 35.3 Å². The molecule has 1 heterocycles. The van der Waals surface area contributed by atoms with Crippen molar-refractivity contribution in [2.75, 3.05) is 25.3 Å². The number of carbonyl (C=O) groups excluding carboxylic acids is 1. The van der Waals surface area contributed by atoms with Crippen molar-refractivity contribution < 1.29 is 31.5 Å². The van der Waals surface area contributed by atoms with Gasteiger partial charge in [0.25, 0.3) is 5.91 Å². The molecule has 11 heteroatoms. The smallest absolute Gasteiger partial charge is 0.255 e. The lowest BCUT2D eigenvalue weighted by molar-refractivity contribution is -0.0565.